The van der Waals surface area contributed by atoms with E-state index in [1.54, 1.807) is 6.08 Å². The molecule has 1 unspecified atom stereocenters. The van der Waals surface area contributed by atoms with Crippen LogP contribution in [0, 0.1) is 0 Å². The lowest BCUT2D eigenvalue weighted by molar-refractivity contribution is 0.414. The predicted molar refractivity (Wildman–Crippen MR) is 72.1 cm³/mol. The van der Waals surface area contributed by atoms with Crippen LogP contribution in [-0.4, -0.2) is 0 Å². The van der Waals surface area contributed by atoms with Gasteiger partial charge in [0, 0.05) is 17.1 Å². The average molecular weight is 226 g/mol. The molecule has 0 spiro atoms. The Morgan fingerprint density at radius 2 is 2.12 bits per heavy atom. The largest absolute Gasteiger partial charge is 0.457 e. The molecule has 0 bridgehead atoms. The molecule has 1 nitrogen and oxygen atoms in total. The predicted octanol–water partition coefficient (Wildman–Crippen LogP) is 4.59. The van der Waals surface area contributed by atoms with Crippen LogP contribution in [0.3, 0.4) is 0 Å². The van der Waals surface area contributed by atoms with E-state index in [9.17, 15) is 0 Å². The van der Waals surface area contributed by atoms with Crippen molar-refractivity contribution in [1.82, 2.24) is 0 Å². The van der Waals surface area contributed by atoms with Crippen LogP contribution in [0.2, 0.25) is 0 Å². The van der Waals surface area contributed by atoms with Crippen molar-refractivity contribution >= 4 is 0 Å². The van der Waals surface area contributed by atoms with Crippen molar-refractivity contribution in [2.24, 2.45) is 0 Å². The first-order valence-corrected chi connectivity index (χ1v) is 6.07. The summed E-state index contributed by atoms with van der Waals surface area (Å²) in [7, 11) is 0. The van der Waals surface area contributed by atoms with Gasteiger partial charge in [0.1, 0.15) is 11.5 Å². The number of hydrogen-bond acceptors (Lipinski definition) is 1. The van der Waals surface area contributed by atoms with Crippen molar-refractivity contribution in [1.29, 1.82) is 0 Å². The lowest BCUT2D eigenvalue weighted by Gasteiger charge is -2.25. The molecule has 0 saturated carbocycles. The van der Waals surface area contributed by atoms with Crippen molar-refractivity contribution in [2.45, 2.75) is 26.2 Å². The molecule has 0 N–H and O–H groups in total. The zero-order valence-electron chi connectivity index (χ0n) is 10.4. The zero-order valence-corrected chi connectivity index (χ0v) is 10.4. The van der Waals surface area contributed by atoms with Crippen molar-refractivity contribution in [2.75, 3.05) is 0 Å². The van der Waals surface area contributed by atoms with E-state index in [2.05, 4.69) is 44.7 Å². The Kier molecular flexibility index (Phi) is 3.48. The molecule has 2 rings (SSSR count). The Hall–Kier alpha value is -1.76. The third-order valence-corrected chi connectivity index (χ3v) is 3.07. The number of hydrogen-bond donors (Lipinski definition) is 0. The summed E-state index contributed by atoms with van der Waals surface area (Å²) in [6, 6.07) is 8.19. The van der Waals surface area contributed by atoms with E-state index in [4.69, 9.17) is 4.74 Å². The molecule has 0 amide bonds. The van der Waals surface area contributed by atoms with Crippen LogP contribution in [0.15, 0.2) is 60.4 Å². The van der Waals surface area contributed by atoms with Gasteiger partial charge >= 0.3 is 0 Å². The Labute approximate surface area is 103 Å². The van der Waals surface area contributed by atoms with Gasteiger partial charge in [0.05, 0.1) is 0 Å². The summed E-state index contributed by atoms with van der Waals surface area (Å²) in [4.78, 5) is 0. The average Bonchev–Trinajstić information content (AvgIpc) is 2.37. The van der Waals surface area contributed by atoms with Crippen molar-refractivity contribution in [3.8, 4) is 5.75 Å². The zero-order chi connectivity index (χ0) is 12.3. The lowest BCUT2D eigenvalue weighted by Crippen LogP contribution is -2.11. The first-order valence-electron chi connectivity index (χ1n) is 6.07. The number of fused-ring (bicyclic) bond motifs is 1. The summed E-state index contributed by atoms with van der Waals surface area (Å²) < 4.78 is 5.87. The number of allylic oxidation sites excluding steroid dienone is 4. The fourth-order valence-corrected chi connectivity index (χ4v) is 2.12. The molecule has 17 heavy (non-hydrogen) atoms. The second-order valence-corrected chi connectivity index (χ2v) is 4.20. The maximum Gasteiger partial charge on any atom is 0.131 e. The van der Waals surface area contributed by atoms with Gasteiger partial charge in [-0.2, -0.15) is 0 Å². The second-order valence-electron chi connectivity index (χ2n) is 4.20. The van der Waals surface area contributed by atoms with Crippen molar-refractivity contribution < 1.29 is 4.74 Å². The van der Waals surface area contributed by atoms with E-state index in [-0.39, 0.29) is 0 Å². The molecule has 1 aliphatic rings. The molecule has 1 aliphatic heterocycles. The quantitative estimate of drug-likeness (QED) is 0.732. The fourth-order valence-electron chi connectivity index (χ4n) is 2.12. The van der Waals surface area contributed by atoms with E-state index in [1.807, 2.05) is 12.1 Å². The molecular formula is C16H18O. The smallest absolute Gasteiger partial charge is 0.131 e. The molecule has 1 heteroatoms. The van der Waals surface area contributed by atoms with Crippen LogP contribution >= 0.6 is 0 Å². The summed E-state index contributed by atoms with van der Waals surface area (Å²) in [6.07, 6.45) is 7.13. The SMILES string of the molecule is C=CC1=C(/C=C\CC)C(C)c2ccccc2O1. The van der Waals surface area contributed by atoms with E-state index in [0.717, 1.165) is 17.9 Å². The highest BCUT2D eigenvalue weighted by molar-refractivity contribution is 5.50. The van der Waals surface area contributed by atoms with Gasteiger partial charge < -0.3 is 4.74 Å². The second kappa shape index (κ2) is 5.05. The molecule has 1 aromatic rings. The van der Waals surface area contributed by atoms with E-state index in [0.29, 0.717) is 5.92 Å². The van der Waals surface area contributed by atoms with Crippen LogP contribution in [-0.2, 0) is 0 Å². The molecule has 1 aromatic carbocycles. The molecule has 0 aliphatic carbocycles. The molecule has 0 radical (unpaired) electrons. The van der Waals surface area contributed by atoms with Gasteiger partial charge in [-0.25, -0.2) is 0 Å². The third-order valence-electron chi connectivity index (χ3n) is 3.07. The summed E-state index contributed by atoms with van der Waals surface area (Å²) in [5.41, 5.74) is 2.45. The van der Waals surface area contributed by atoms with Crippen LogP contribution in [0.1, 0.15) is 31.7 Å². The highest BCUT2D eigenvalue weighted by atomic mass is 16.5. The van der Waals surface area contributed by atoms with Crippen LogP contribution < -0.4 is 4.74 Å². The van der Waals surface area contributed by atoms with E-state index >= 15 is 0 Å². The number of ether oxygens (including phenoxy) is 1. The van der Waals surface area contributed by atoms with Gasteiger partial charge in [-0.3, -0.25) is 0 Å². The molecule has 0 fully saturated rings. The molecule has 1 heterocycles. The minimum absolute atomic E-state index is 0.357. The summed E-state index contributed by atoms with van der Waals surface area (Å²) in [5.74, 6) is 2.18. The lowest BCUT2D eigenvalue weighted by atomic mass is 9.89. The number of benzene rings is 1. The number of rotatable bonds is 3. The minimum atomic E-state index is 0.357. The van der Waals surface area contributed by atoms with Crippen LogP contribution in [0.5, 0.6) is 5.75 Å². The summed E-state index contributed by atoms with van der Waals surface area (Å²) >= 11 is 0. The molecule has 0 saturated heterocycles. The molecule has 1 atom stereocenters. The van der Waals surface area contributed by atoms with Gasteiger partial charge in [-0.15, -0.1) is 0 Å². The Morgan fingerprint density at radius 1 is 1.35 bits per heavy atom. The monoisotopic (exact) mass is 226 g/mol. The van der Waals surface area contributed by atoms with E-state index < -0.39 is 0 Å². The first kappa shape index (κ1) is 11.7. The van der Waals surface area contributed by atoms with E-state index in [1.165, 1.54) is 11.1 Å². The van der Waals surface area contributed by atoms with Gasteiger partial charge in [0.2, 0.25) is 0 Å². The maximum atomic E-state index is 5.87. The molecular weight excluding hydrogens is 208 g/mol. The van der Waals surface area contributed by atoms with Gasteiger partial charge in [0.25, 0.3) is 0 Å². The Morgan fingerprint density at radius 3 is 2.82 bits per heavy atom. The Bertz CT molecular complexity index is 480. The summed E-state index contributed by atoms with van der Waals surface area (Å²) in [6.45, 7) is 8.17. The van der Waals surface area contributed by atoms with Gasteiger partial charge in [-0.05, 0) is 18.6 Å². The third kappa shape index (κ3) is 2.19. The van der Waals surface area contributed by atoms with Gasteiger partial charge in [0.15, 0.2) is 0 Å². The maximum absolute atomic E-state index is 5.87. The highest BCUT2D eigenvalue weighted by Gasteiger charge is 2.22. The molecule has 88 valence electrons. The minimum Gasteiger partial charge on any atom is -0.457 e. The topological polar surface area (TPSA) is 9.23 Å². The standard InChI is InChI=1S/C16H18O/c1-4-6-9-13-12(3)14-10-7-8-11-16(14)17-15(13)5-2/h5-12H,2,4H2,1,3H3/b9-6-. The van der Waals surface area contributed by atoms with Crippen molar-refractivity contribution in [3.63, 3.8) is 0 Å². The van der Waals surface area contributed by atoms with Crippen molar-refractivity contribution in [3.05, 3.63) is 66.0 Å². The van der Waals surface area contributed by atoms with Crippen LogP contribution in [0.4, 0.5) is 0 Å². The number of para-hydroxylation sites is 1. The van der Waals surface area contributed by atoms with Crippen LogP contribution in [0.25, 0.3) is 0 Å². The normalized spacial score (nSPS) is 19.1. The summed E-state index contributed by atoms with van der Waals surface area (Å²) in [5, 5.41) is 0. The molecule has 0 aromatic heterocycles. The fraction of sp³-hybridized carbons (Fsp3) is 0.250. The first-order chi connectivity index (χ1) is 8.27. The highest BCUT2D eigenvalue weighted by Crippen LogP contribution is 2.39. The van der Waals surface area contributed by atoms with Gasteiger partial charge in [-0.1, -0.05) is 50.8 Å². The Balaban J connectivity index is 2.46.